The fourth-order valence-corrected chi connectivity index (χ4v) is 1.87. The van der Waals surface area contributed by atoms with Gasteiger partial charge in [0.25, 0.3) is 5.56 Å². The number of hydrogen-bond acceptors (Lipinski definition) is 4. The normalized spacial score (nSPS) is 10.2. The quantitative estimate of drug-likeness (QED) is 0.632. The molecular weight excluding hydrogens is 254 g/mol. The molecule has 0 aliphatic rings. The SMILES string of the molecule is Cn1ccnc(N(CCC(=N)N)c2ccccc2)c1=O. The van der Waals surface area contributed by atoms with E-state index < -0.39 is 0 Å². The minimum absolute atomic E-state index is 0.0821. The summed E-state index contributed by atoms with van der Waals surface area (Å²) in [6.45, 7) is 0.436. The van der Waals surface area contributed by atoms with Gasteiger partial charge in [-0.05, 0) is 12.1 Å². The van der Waals surface area contributed by atoms with E-state index in [0.717, 1.165) is 5.69 Å². The fourth-order valence-electron chi connectivity index (χ4n) is 1.87. The Morgan fingerprint density at radius 1 is 1.40 bits per heavy atom. The summed E-state index contributed by atoms with van der Waals surface area (Å²) in [7, 11) is 1.68. The standard InChI is InChI=1S/C14H17N5O/c1-18-10-8-17-13(14(18)20)19(9-7-12(15)16)11-5-3-2-4-6-11/h2-6,8,10H,7,9H2,1H3,(H3,15,16). The van der Waals surface area contributed by atoms with Gasteiger partial charge in [-0.1, -0.05) is 18.2 Å². The van der Waals surface area contributed by atoms with Crippen LogP contribution in [0.15, 0.2) is 47.5 Å². The molecular formula is C14H17N5O. The van der Waals surface area contributed by atoms with Gasteiger partial charge in [0, 0.05) is 38.1 Å². The number of hydrogen-bond donors (Lipinski definition) is 2. The molecule has 0 fully saturated rings. The Kier molecular flexibility index (Phi) is 4.14. The van der Waals surface area contributed by atoms with E-state index in [1.807, 2.05) is 30.3 Å². The fraction of sp³-hybridized carbons (Fsp3) is 0.214. The van der Waals surface area contributed by atoms with Crippen molar-refractivity contribution >= 4 is 17.3 Å². The highest BCUT2D eigenvalue weighted by molar-refractivity contribution is 5.78. The molecule has 0 bridgehead atoms. The zero-order valence-electron chi connectivity index (χ0n) is 11.3. The minimum atomic E-state index is -0.181. The Labute approximate surface area is 117 Å². The monoisotopic (exact) mass is 271 g/mol. The number of amidine groups is 1. The molecule has 20 heavy (non-hydrogen) atoms. The minimum Gasteiger partial charge on any atom is -0.388 e. The first-order valence-corrected chi connectivity index (χ1v) is 6.26. The predicted octanol–water partition coefficient (Wildman–Crippen LogP) is 1.24. The molecule has 0 saturated carbocycles. The molecule has 0 saturated heterocycles. The van der Waals surface area contributed by atoms with Gasteiger partial charge in [-0.3, -0.25) is 10.2 Å². The number of nitrogens with one attached hydrogen (secondary N) is 1. The van der Waals surface area contributed by atoms with Crippen LogP contribution in [0, 0.1) is 5.41 Å². The van der Waals surface area contributed by atoms with Gasteiger partial charge in [0.05, 0.1) is 5.84 Å². The first kappa shape index (κ1) is 13.8. The van der Waals surface area contributed by atoms with Gasteiger partial charge in [-0.2, -0.15) is 0 Å². The Bertz CT molecular complexity index is 650. The summed E-state index contributed by atoms with van der Waals surface area (Å²) < 4.78 is 1.48. The summed E-state index contributed by atoms with van der Waals surface area (Å²) >= 11 is 0. The number of rotatable bonds is 5. The Balaban J connectivity index is 2.43. The number of anilines is 2. The summed E-state index contributed by atoms with van der Waals surface area (Å²) in [4.78, 5) is 18.2. The summed E-state index contributed by atoms with van der Waals surface area (Å²) in [6.07, 6.45) is 3.56. The second kappa shape index (κ2) is 6.01. The predicted molar refractivity (Wildman–Crippen MR) is 79.5 cm³/mol. The summed E-state index contributed by atoms with van der Waals surface area (Å²) in [6, 6.07) is 9.48. The van der Waals surface area contributed by atoms with E-state index in [0.29, 0.717) is 18.8 Å². The Morgan fingerprint density at radius 2 is 2.10 bits per heavy atom. The topological polar surface area (TPSA) is 88.0 Å². The zero-order valence-corrected chi connectivity index (χ0v) is 11.3. The lowest BCUT2D eigenvalue weighted by Gasteiger charge is -2.23. The van der Waals surface area contributed by atoms with Gasteiger partial charge in [-0.25, -0.2) is 4.98 Å². The van der Waals surface area contributed by atoms with Crippen molar-refractivity contribution in [2.24, 2.45) is 12.8 Å². The van der Waals surface area contributed by atoms with Gasteiger partial charge >= 0.3 is 0 Å². The third-order valence-electron chi connectivity index (χ3n) is 2.93. The number of aryl methyl sites for hydroxylation is 1. The number of para-hydroxylation sites is 1. The molecule has 0 spiro atoms. The molecule has 0 atom stereocenters. The van der Waals surface area contributed by atoms with Gasteiger partial charge < -0.3 is 15.2 Å². The summed E-state index contributed by atoms with van der Waals surface area (Å²) in [5.74, 6) is 0.418. The lowest BCUT2D eigenvalue weighted by Crippen LogP contribution is -2.31. The molecule has 2 aromatic rings. The van der Waals surface area contributed by atoms with E-state index in [-0.39, 0.29) is 11.4 Å². The largest absolute Gasteiger partial charge is 0.388 e. The Morgan fingerprint density at radius 3 is 2.75 bits per heavy atom. The zero-order chi connectivity index (χ0) is 14.5. The van der Waals surface area contributed by atoms with Crippen LogP contribution in [0.3, 0.4) is 0 Å². The van der Waals surface area contributed by atoms with Crippen LogP contribution in [-0.4, -0.2) is 21.9 Å². The van der Waals surface area contributed by atoms with Crippen molar-refractivity contribution in [1.29, 1.82) is 5.41 Å². The van der Waals surface area contributed by atoms with E-state index in [4.69, 9.17) is 11.1 Å². The second-order valence-electron chi connectivity index (χ2n) is 4.43. The number of nitrogens with two attached hydrogens (primary N) is 1. The first-order chi connectivity index (χ1) is 9.59. The number of nitrogens with zero attached hydrogens (tertiary/aromatic N) is 3. The van der Waals surface area contributed by atoms with Crippen LogP contribution in [0.1, 0.15) is 6.42 Å². The average Bonchev–Trinajstić information content (AvgIpc) is 2.44. The van der Waals surface area contributed by atoms with Crippen LogP contribution in [0.2, 0.25) is 0 Å². The van der Waals surface area contributed by atoms with Crippen molar-refractivity contribution in [1.82, 2.24) is 9.55 Å². The van der Waals surface area contributed by atoms with Gasteiger partial charge in [0.15, 0.2) is 5.82 Å². The van der Waals surface area contributed by atoms with Crippen LogP contribution in [0.5, 0.6) is 0 Å². The van der Waals surface area contributed by atoms with Gasteiger partial charge in [0.2, 0.25) is 0 Å². The highest BCUT2D eigenvalue weighted by atomic mass is 16.1. The first-order valence-electron chi connectivity index (χ1n) is 6.26. The van der Waals surface area contributed by atoms with Crippen molar-refractivity contribution in [3.05, 3.63) is 53.1 Å². The van der Waals surface area contributed by atoms with Crippen LogP contribution in [0.25, 0.3) is 0 Å². The maximum atomic E-state index is 12.2. The molecule has 104 valence electrons. The van der Waals surface area contributed by atoms with E-state index >= 15 is 0 Å². The molecule has 6 nitrogen and oxygen atoms in total. The molecule has 0 amide bonds. The lowest BCUT2D eigenvalue weighted by molar-refractivity contribution is 0.817. The van der Waals surface area contributed by atoms with E-state index in [2.05, 4.69) is 4.98 Å². The highest BCUT2D eigenvalue weighted by Gasteiger charge is 2.15. The smallest absolute Gasteiger partial charge is 0.293 e. The molecule has 6 heteroatoms. The number of benzene rings is 1. The average molecular weight is 271 g/mol. The van der Waals surface area contributed by atoms with Gasteiger partial charge in [0.1, 0.15) is 0 Å². The highest BCUT2D eigenvalue weighted by Crippen LogP contribution is 2.20. The van der Waals surface area contributed by atoms with Crippen LogP contribution < -0.4 is 16.2 Å². The Hall–Kier alpha value is -2.63. The molecule has 0 aliphatic heterocycles. The van der Waals surface area contributed by atoms with Crippen molar-refractivity contribution in [3.8, 4) is 0 Å². The van der Waals surface area contributed by atoms with Crippen molar-refractivity contribution in [2.75, 3.05) is 11.4 Å². The molecule has 0 radical (unpaired) electrons. The van der Waals surface area contributed by atoms with Crippen molar-refractivity contribution in [2.45, 2.75) is 6.42 Å². The molecule has 0 unspecified atom stereocenters. The third-order valence-corrected chi connectivity index (χ3v) is 2.93. The number of aromatic nitrogens is 2. The molecule has 0 aliphatic carbocycles. The van der Waals surface area contributed by atoms with Crippen molar-refractivity contribution < 1.29 is 0 Å². The molecule has 1 aromatic heterocycles. The maximum Gasteiger partial charge on any atom is 0.293 e. The van der Waals surface area contributed by atoms with E-state index in [1.54, 1.807) is 24.3 Å². The summed E-state index contributed by atoms with van der Waals surface area (Å²) in [5.41, 5.74) is 6.09. The summed E-state index contributed by atoms with van der Waals surface area (Å²) in [5, 5.41) is 7.36. The molecule has 1 aromatic carbocycles. The lowest BCUT2D eigenvalue weighted by atomic mass is 10.2. The van der Waals surface area contributed by atoms with Crippen LogP contribution >= 0.6 is 0 Å². The van der Waals surface area contributed by atoms with Crippen molar-refractivity contribution in [3.63, 3.8) is 0 Å². The molecule has 2 rings (SSSR count). The second-order valence-corrected chi connectivity index (χ2v) is 4.43. The van der Waals surface area contributed by atoms with E-state index in [9.17, 15) is 4.79 Å². The molecule has 1 heterocycles. The third kappa shape index (κ3) is 3.03. The van der Waals surface area contributed by atoms with Gasteiger partial charge in [-0.15, -0.1) is 0 Å². The molecule has 3 N–H and O–H groups in total. The maximum absolute atomic E-state index is 12.2. The van der Waals surface area contributed by atoms with Crippen LogP contribution in [0.4, 0.5) is 11.5 Å². The van der Waals surface area contributed by atoms with Crippen LogP contribution in [-0.2, 0) is 7.05 Å². The van der Waals surface area contributed by atoms with E-state index in [1.165, 1.54) is 4.57 Å².